The highest BCUT2D eigenvalue weighted by atomic mass is 16.3. The average Bonchev–Trinajstić information content (AvgIpc) is 2.56. The van der Waals surface area contributed by atoms with Crippen LogP contribution in [0.2, 0.25) is 0 Å². The van der Waals surface area contributed by atoms with Crippen molar-refractivity contribution in [2.75, 3.05) is 4.90 Å². The molecule has 3 unspecified atom stereocenters. The topological polar surface area (TPSA) is 52.6 Å². The third kappa shape index (κ3) is 2.49. The predicted molar refractivity (Wildman–Crippen MR) is 97.5 cm³/mol. The second kappa shape index (κ2) is 5.47. The molecule has 4 heteroatoms. The number of para-hydroxylation sites is 1. The summed E-state index contributed by atoms with van der Waals surface area (Å²) in [5.41, 5.74) is 1.90. The minimum Gasteiger partial charge on any atom is -0.390 e. The van der Waals surface area contributed by atoms with E-state index in [1.54, 1.807) is 0 Å². The highest BCUT2D eigenvalue weighted by Crippen LogP contribution is 2.55. The lowest BCUT2D eigenvalue weighted by atomic mass is 9.52. The largest absolute Gasteiger partial charge is 0.390 e. The zero-order chi connectivity index (χ0) is 17.2. The number of carbonyl (C=O) groups excluding carboxylic acids is 1. The SMILES string of the molecule is CC1CCc2ccccc2N1C(=O)NC1C2CC3CC1CC(O)(C3)C2. The highest BCUT2D eigenvalue weighted by molar-refractivity contribution is 5.94. The number of anilines is 1. The molecule has 4 aliphatic carbocycles. The Hall–Kier alpha value is -1.55. The van der Waals surface area contributed by atoms with Crippen LogP contribution in [0.5, 0.6) is 0 Å². The molecule has 4 saturated carbocycles. The molecule has 6 rings (SSSR count). The predicted octanol–water partition coefficient (Wildman–Crippen LogP) is 3.48. The Bertz CT molecular complexity index is 687. The third-order valence-electron chi connectivity index (χ3n) is 7.27. The fraction of sp³-hybridized carbons (Fsp3) is 0.667. The van der Waals surface area contributed by atoms with Crippen LogP contribution < -0.4 is 10.2 Å². The van der Waals surface area contributed by atoms with E-state index >= 15 is 0 Å². The van der Waals surface area contributed by atoms with Crippen LogP contribution in [0, 0.1) is 17.8 Å². The third-order valence-corrected chi connectivity index (χ3v) is 7.27. The van der Waals surface area contributed by atoms with Gasteiger partial charge in [-0.1, -0.05) is 18.2 Å². The number of fused-ring (bicyclic) bond motifs is 1. The van der Waals surface area contributed by atoms with Gasteiger partial charge in [-0.3, -0.25) is 4.90 Å². The summed E-state index contributed by atoms with van der Waals surface area (Å²) in [6.07, 6.45) is 7.14. The van der Waals surface area contributed by atoms with Crippen LogP contribution in [0.1, 0.15) is 51.0 Å². The smallest absolute Gasteiger partial charge is 0.322 e. The van der Waals surface area contributed by atoms with E-state index in [-0.39, 0.29) is 18.1 Å². The summed E-state index contributed by atoms with van der Waals surface area (Å²) in [4.78, 5) is 15.2. The van der Waals surface area contributed by atoms with Gasteiger partial charge in [0.2, 0.25) is 0 Å². The molecule has 1 heterocycles. The standard InChI is InChI=1S/C21H28N2O2/c1-13-6-7-15-4-2-3-5-18(15)23(13)20(24)22-19-16-8-14-9-17(19)12-21(25,10-14)11-16/h2-5,13-14,16-17,19,25H,6-12H2,1H3,(H,22,24). The van der Waals surface area contributed by atoms with Crippen LogP contribution in [0.15, 0.2) is 24.3 Å². The van der Waals surface area contributed by atoms with Gasteiger partial charge in [0.05, 0.1) is 5.60 Å². The van der Waals surface area contributed by atoms with Gasteiger partial charge in [-0.05, 0) is 81.3 Å². The second-order valence-corrected chi connectivity index (χ2v) is 9.06. The molecule has 1 aromatic rings. The maximum atomic E-state index is 13.2. The number of urea groups is 1. The summed E-state index contributed by atoms with van der Waals surface area (Å²) in [5.74, 6) is 1.58. The molecular formula is C21H28N2O2. The van der Waals surface area contributed by atoms with Crippen molar-refractivity contribution in [2.24, 2.45) is 17.8 Å². The Balaban J connectivity index is 1.38. The molecule has 4 nitrogen and oxygen atoms in total. The molecule has 4 bridgehead atoms. The van der Waals surface area contributed by atoms with Crippen molar-refractivity contribution in [2.45, 2.75) is 69.6 Å². The van der Waals surface area contributed by atoms with E-state index < -0.39 is 5.60 Å². The van der Waals surface area contributed by atoms with Crippen LogP contribution in [-0.2, 0) is 6.42 Å². The summed E-state index contributed by atoms with van der Waals surface area (Å²) < 4.78 is 0. The lowest BCUT2D eigenvalue weighted by molar-refractivity contribution is -0.136. The van der Waals surface area contributed by atoms with Crippen molar-refractivity contribution in [3.05, 3.63) is 29.8 Å². The molecule has 5 aliphatic rings. The number of aliphatic hydroxyl groups is 1. The lowest BCUT2D eigenvalue weighted by Crippen LogP contribution is -2.63. The summed E-state index contributed by atoms with van der Waals surface area (Å²) in [6, 6.07) is 8.83. The first kappa shape index (κ1) is 15.7. The highest BCUT2D eigenvalue weighted by Gasteiger charge is 2.55. The van der Waals surface area contributed by atoms with Gasteiger partial charge in [-0.2, -0.15) is 0 Å². The van der Waals surface area contributed by atoms with Crippen LogP contribution in [-0.4, -0.2) is 28.8 Å². The zero-order valence-electron chi connectivity index (χ0n) is 14.9. The van der Waals surface area contributed by atoms with Gasteiger partial charge in [0, 0.05) is 17.8 Å². The van der Waals surface area contributed by atoms with Crippen molar-refractivity contribution in [1.82, 2.24) is 5.32 Å². The van der Waals surface area contributed by atoms with E-state index in [0.29, 0.717) is 17.8 Å². The Kier molecular flexibility index (Phi) is 3.43. The number of carbonyl (C=O) groups is 1. The van der Waals surface area contributed by atoms with Gasteiger partial charge < -0.3 is 10.4 Å². The fourth-order valence-corrected chi connectivity index (χ4v) is 6.43. The number of nitrogens with one attached hydrogen (secondary N) is 1. The molecule has 3 atom stereocenters. The number of hydrogen-bond acceptors (Lipinski definition) is 2. The second-order valence-electron chi connectivity index (χ2n) is 9.06. The van der Waals surface area contributed by atoms with Crippen molar-refractivity contribution in [1.29, 1.82) is 0 Å². The van der Waals surface area contributed by atoms with Crippen molar-refractivity contribution in [3.8, 4) is 0 Å². The fourth-order valence-electron chi connectivity index (χ4n) is 6.43. The first-order chi connectivity index (χ1) is 12.0. The van der Waals surface area contributed by atoms with Crippen molar-refractivity contribution < 1.29 is 9.90 Å². The Morgan fingerprint density at radius 1 is 1.20 bits per heavy atom. The van der Waals surface area contributed by atoms with Gasteiger partial charge in [-0.25, -0.2) is 4.79 Å². The lowest BCUT2D eigenvalue weighted by Gasteiger charge is -2.58. The molecular weight excluding hydrogens is 312 g/mol. The number of aryl methyl sites for hydroxylation is 1. The first-order valence-corrected chi connectivity index (χ1v) is 9.92. The minimum absolute atomic E-state index is 0.0594. The number of benzene rings is 1. The summed E-state index contributed by atoms with van der Waals surface area (Å²) in [6.45, 7) is 2.15. The van der Waals surface area contributed by atoms with E-state index in [4.69, 9.17) is 0 Å². The molecule has 0 spiro atoms. The number of rotatable bonds is 1. The van der Waals surface area contributed by atoms with Crippen molar-refractivity contribution in [3.63, 3.8) is 0 Å². The van der Waals surface area contributed by atoms with E-state index in [1.165, 1.54) is 18.4 Å². The van der Waals surface area contributed by atoms with Crippen LogP contribution in [0.4, 0.5) is 10.5 Å². The number of amides is 2. The molecule has 0 aromatic heterocycles. The molecule has 134 valence electrons. The molecule has 0 radical (unpaired) electrons. The maximum absolute atomic E-state index is 13.2. The summed E-state index contributed by atoms with van der Waals surface area (Å²) in [7, 11) is 0. The molecule has 25 heavy (non-hydrogen) atoms. The van der Waals surface area contributed by atoms with E-state index in [1.807, 2.05) is 11.0 Å². The molecule has 4 fully saturated rings. The van der Waals surface area contributed by atoms with E-state index in [0.717, 1.165) is 37.8 Å². The maximum Gasteiger partial charge on any atom is 0.322 e. The summed E-state index contributed by atoms with van der Waals surface area (Å²) >= 11 is 0. The average molecular weight is 340 g/mol. The van der Waals surface area contributed by atoms with Crippen molar-refractivity contribution >= 4 is 11.7 Å². The first-order valence-electron chi connectivity index (χ1n) is 9.92. The van der Waals surface area contributed by atoms with Gasteiger partial charge >= 0.3 is 6.03 Å². The normalized spacial score (nSPS) is 41.5. The molecule has 1 aliphatic heterocycles. The Morgan fingerprint density at radius 2 is 1.92 bits per heavy atom. The minimum atomic E-state index is -0.442. The monoisotopic (exact) mass is 340 g/mol. The Labute approximate surface area is 149 Å². The van der Waals surface area contributed by atoms with Gasteiger partial charge in [0.25, 0.3) is 0 Å². The van der Waals surface area contributed by atoms with Gasteiger partial charge in [0.15, 0.2) is 0 Å². The molecule has 2 amide bonds. The van der Waals surface area contributed by atoms with Crippen LogP contribution in [0.3, 0.4) is 0 Å². The quantitative estimate of drug-likeness (QED) is 0.822. The van der Waals surface area contributed by atoms with Crippen LogP contribution in [0.25, 0.3) is 0 Å². The summed E-state index contributed by atoms with van der Waals surface area (Å²) in [5, 5.41) is 14.1. The molecule has 2 N–H and O–H groups in total. The number of hydrogen-bond donors (Lipinski definition) is 2. The molecule has 1 aromatic carbocycles. The van der Waals surface area contributed by atoms with E-state index in [9.17, 15) is 9.90 Å². The molecule has 0 saturated heterocycles. The van der Waals surface area contributed by atoms with Gasteiger partial charge in [0.1, 0.15) is 0 Å². The Morgan fingerprint density at radius 3 is 2.64 bits per heavy atom. The number of nitrogens with zero attached hydrogens (tertiary/aromatic N) is 1. The zero-order valence-corrected chi connectivity index (χ0v) is 14.9. The van der Waals surface area contributed by atoms with E-state index in [2.05, 4.69) is 30.4 Å². The van der Waals surface area contributed by atoms with Gasteiger partial charge in [-0.15, -0.1) is 0 Å². The van der Waals surface area contributed by atoms with Crippen LogP contribution >= 0.6 is 0 Å².